The van der Waals surface area contributed by atoms with Crippen molar-refractivity contribution in [3.63, 3.8) is 0 Å². The predicted octanol–water partition coefficient (Wildman–Crippen LogP) is 1.49. The molecule has 0 bridgehead atoms. The van der Waals surface area contributed by atoms with Gasteiger partial charge in [-0.3, -0.25) is 4.79 Å². The fourth-order valence-electron chi connectivity index (χ4n) is 2.80. The largest absolute Gasteiger partial charge is 0.341 e. The minimum Gasteiger partial charge on any atom is -0.341 e. The molecule has 18 heavy (non-hydrogen) atoms. The second kappa shape index (κ2) is 4.35. The first-order chi connectivity index (χ1) is 8.65. The number of hydrogen-bond acceptors (Lipinski definition) is 2. The number of halogens is 1. The highest BCUT2D eigenvalue weighted by Gasteiger charge is 2.46. The summed E-state index contributed by atoms with van der Waals surface area (Å²) in [4.78, 5) is 14.1. The van der Waals surface area contributed by atoms with E-state index in [9.17, 15) is 9.18 Å². The minimum atomic E-state index is -0.228. The summed E-state index contributed by atoms with van der Waals surface area (Å²) < 4.78 is 13.1. The zero-order valence-corrected chi connectivity index (χ0v) is 10.2. The Hall–Kier alpha value is -1.42. The average molecular weight is 248 g/mol. The van der Waals surface area contributed by atoms with Gasteiger partial charge < -0.3 is 10.6 Å². The minimum absolute atomic E-state index is 0.0390. The van der Waals surface area contributed by atoms with Gasteiger partial charge in [-0.15, -0.1) is 0 Å². The fraction of sp³-hybridized carbons (Fsp3) is 0.500. The van der Waals surface area contributed by atoms with Gasteiger partial charge in [0.15, 0.2) is 0 Å². The van der Waals surface area contributed by atoms with Crippen LogP contribution in [-0.4, -0.2) is 29.9 Å². The topological polar surface area (TPSA) is 46.3 Å². The van der Waals surface area contributed by atoms with E-state index in [1.807, 2.05) is 11.0 Å². The molecule has 3 atom stereocenters. The highest BCUT2D eigenvalue weighted by Crippen LogP contribution is 2.48. The van der Waals surface area contributed by atoms with E-state index in [1.165, 1.54) is 12.1 Å². The van der Waals surface area contributed by atoms with E-state index in [0.29, 0.717) is 6.54 Å². The van der Waals surface area contributed by atoms with E-state index >= 15 is 0 Å². The third-order valence-corrected chi connectivity index (χ3v) is 3.92. The average Bonchev–Trinajstić information content (AvgIpc) is 3.04. The van der Waals surface area contributed by atoms with Crippen LogP contribution >= 0.6 is 0 Å². The van der Waals surface area contributed by atoms with Gasteiger partial charge in [-0.1, -0.05) is 12.1 Å². The van der Waals surface area contributed by atoms with Crippen LogP contribution in [-0.2, 0) is 4.79 Å². The van der Waals surface area contributed by atoms with Crippen LogP contribution in [0.3, 0.4) is 0 Å². The van der Waals surface area contributed by atoms with Crippen molar-refractivity contribution in [1.82, 2.24) is 4.90 Å². The number of likely N-dealkylation sites (tertiary alicyclic amines) is 1. The number of nitrogens with two attached hydrogens (primary N) is 1. The smallest absolute Gasteiger partial charge is 0.226 e. The van der Waals surface area contributed by atoms with Crippen LogP contribution in [0.5, 0.6) is 0 Å². The van der Waals surface area contributed by atoms with Crippen LogP contribution in [0.15, 0.2) is 24.3 Å². The molecule has 3 nitrogen and oxygen atoms in total. The van der Waals surface area contributed by atoms with Crippen molar-refractivity contribution < 1.29 is 9.18 Å². The molecule has 0 aromatic heterocycles. The molecular weight excluding hydrogens is 231 g/mol. The molecule has 2 aliphatic rings. The molecule has 1 aromatic carbocycles. The molecule has 96 valence electrons. The van der Waals surface area contributed by atoms with Crippen molar-refractivity contribution in [2.24, 2.45) is 11.7 Å². The summed E-state index contributed by atoms with van der Waals surface area (Å²) in [5.41, 5.74) is 6.75. The SMILES string of the molecule is N[C@@H]1CCN(C(=O)[C@H]2C[C@H]2c2cccc(F)c2)C1. The lowest BCUT2D eigenvalue weighted by molar-refractivity contribution is -0.131. The second-order valence-corrected chi connectivity index (χ2v) is 5.34. The summed E-state index contributed by atoms with van der Waals surface area (Å²) >= 11 is 0. The van der Waals surface area contributed by atoms with E-state index < -0.39 is 0 Å². The standard InChI is InChI=1S/C14H17FN2O/c15-10-3-1-2-9(6-10)12-7-13(12)14(18)17-5-4-11(16)8-17/h1-3,6,11-13H,4-5,7-8,16H2/t11-,12+,13+/m1/s1. The molecule has 1 amide bonds. The van der Waals surface area contributed by atoms with Crippen LogP contribution in [0.1, 0.15) is 24.3 Å². The van der Waals surface area contributed by atoms with Gasteiger partial charge in [0.05, 0.1) is 0 Å². The lowest BCUT2D eigenvalue weighted by atomic mass is 10.1. The highest BCUT2D eigenvalue weighted by atomic mass is 19.1. The summed E-state index contributed by atoms with van der Waals surface area (Å²) in [5.74, 6) is 0.202. The number of rotatable bonds is 2. The third kappa shape index (κ3) is 2.12. The molecule has 2 N–H and O–H groups in total. The molecule has 2 fully saturated rings. The van der Waals surface area contributed by atoms with Gasteiger partial charge in [0.2, 0.25) is 5.91 Å². The van der Waals surface area contributed by atoms with Crippen molar-refractivity contribution in [2.45, 2.75) is 24.8 Å². The molecule has 0 radical (unpaired) electrons. The Kier molecular flexibility index (Phi) is 2.82. The fourth-order valence-corrected chi connectivity index (χ4v) is 2.80. The van der Waals surface area contributed by atoms with Crippen LogP contribution in [0.25, 0.3) is 0 Å². The quantitative estimate of drug-likeness (QED) is 0.862. The first-order valence-corrected chi connectivity index (χ1v) is 6.45. The normalized spacial score (nSPS) is 30.6. The molecule has 1 saturated heterocycles. The zero-order chi connectivity index (χ0) is 12.7. The molecule has 3 rings (SSSR count). The summed E-state index contributed by atoms with van der Waals surface area (Å²) in [6, 6.07) is 6.70. The van der Waals surface area contributed by atoms with Crippen molar-refractivity contribution >= 4 is 5.91 Å². The molecule has 4 heteroatoms. The highest BCUT2D eigenvalue weighted by molar-refractivity contribution is 5.83. The van der Waals surface area contributed by atoms with Gasteiger partial charge in [0, 0.05) is 25.0 Å². The molecular formula is C14H17FN2O. The van der Waals surface area contributed by atoms with Gasteiger partial charge >= 0.3 is 0 Å². The van der Waals surface area contributed by atoms with E-state index in [2.05, 4.69) is 0 Å². The van der Waals surface area contributed by atoms with Crippen LogP contribution in [0.4, 0.5) is 4.39 Å². The number of carbonyl (C=O) groups is 1. The Morgan fingerprint density at radius 2 is 2.28 bits per heavy atom. The number of benzene rings is 1. The Bertz CT molecular complexity index is 477. The van der Waals surface area contributed by atoms with Crippen LogP contribution in [0, 0.1) is 11.7 Å². The Morgan fingerprint density at radius 3 is 2.94 bits per heavy atom. The monoisotopic (exact) mass is 248 g/mol. The Morgan fingerprint density at radius 1 is 1.44 bits per heavy atom. The molecule has 0 unspecified atom stereocenters. The van der Waals surface area contributed by atoms with Crippen LogP contribution < -0.4 is 5.73 Å². The van der Waals surface area contributed by atoms with Crippen molar-refractivity contribution in [3.05, 3.63) is 35.6 Å². The predicted molar refractivity (Wildman–Crippen MR) is 66.4 cm³/mol. The third-order valence-electron chi connectivity index (χ3n) is 3.92. The number of amides is 1. The lowest BCUT2D eigenvalue weighted by Crippen LogP contribution is -2.33. The maximum atomic E-state index is 13.1. The molecule has 0 spiro atoms. The first kappa shape index (κ1) is 11.7. The maximum absolute atomic E-state index is 13.1. The maximum Gasteiger partial charge on any atom is 0.226 e. The van der Waals surface area contributed by atoms with E-state index in [0.717, 1.165) is 24.9 Å². The Labute approximate surface area is 106 Å². The van der Waals surface area contributed by atoms with Gasteiger partial charge in [0.25, 0.3) is 0 Å². The molecule has 1 aromatic rings. The summed E-state index contributed by atoms with van der Waals surface area (Å²) in [5, 5.41) is 0. The van der Waals surface area contributed by atoms with Crippen LogP contribution in [0.2, 0.25) is 0 Å². The van der Waals surface area contributed by atoms with Gasteiger partial charge in [0.1, 0.15) is 5.82 Å². The second-order valence-electron chi connectivity index (χ2n) is 5.34. The number of carbonyl (C=O) groups excluding carboxylic acids is 1. The first-order valence-electron chi connectivity index (χ1n) is 6.45. The van der Waals surface area contributed by atoms with Crippen molar-refractivity contribution in [1.29, 1.82) is 0 Å². The molecule has 1 aliphatic carbocycles. The summed E-state index contributed by atoms with van der Waals surface area (Å²) in [7, 11) is 0. The van der Waals surface area contributed by atoms with Crippen molar-refractivity contribution in [2.75, 3.05) is 13.1 Å². The molecule has 1 aliphatic heterocycles. The van der Waals surface area contributed by atoms with Gasteiger partial charge in [-0.2, -0.15) is 0 Å². The number of nitrogens with zero attached hydrogens (tertiary/aromatic N) is 1. The van der Waals surface area contributed by atoms with E-state index in [4.69, 9.17) is 5.73 Å². The lowest BCUT2D eigenvalue weighted by Gasteiger charge is -2.15. The summed E-state index contributed by atoms with van der Waals surface area (Å²) in [6.45, 7) is 1.44. The number of hydrogen-bond donors (Lipinski definition) is 1. The Balaban J connectivity index is 1.65. The van der Waals surface area contributed by atoms with Gasteiger partial charge in [-0.25, -0.2) is 4.39 Å². The summed E-state index contributed by atoms with van der Waals surface area (Å²) in [6.07, 6.45) is 1.73. The van der Waals surface area contributed by atoms with Gasteiger partial charge in [-0.05, 0) is 36.5 Å². The molecule has 1 heterocycles. The van der Waals surface area contributed by atoms with Crippen molar-refractivity contribution in [3.8, 4) is 0 Å². The van der Waals surface area contributed by atoms with E-state index in [-0.39, 0.29) is 29.6 Å². The molecule has 1 saturated carbocycles. The zero-order valence-electron chi connectivity index (χ0n) is 10.2. The van der Waals surface area contributed by atoms with E-state index in [1.54, 1.807) is 6.07 Å².